The highest BCUT2D eigenvalue weighted by atomic mass is 16.3. The van der Waals surface area contributed by atoms with E-state index in [0.29, 0.717) is 24.7 Å². The van der Waals surface area contributed by atoms with Crippen LogP contribution in [0.3, 0.4) is 0 Å². The highest BCUT2D eigenvalue weighted by Crippen LogP contribution is 2.20. The van der Waals surface area contributed by atoms with Crippen LogP contribution in [0.15, 0.2) is 16.5 Å². The Labute approximate surface area is 115 Å². The number of hydrogen-bond donors (Lipinski definition) is 2. The van der Waals surface area contributed by atoms with Gasteiger partial charge in [-0.15, -0.1) is 10.2 Å². The minimum Gasteiger partial charge on any atom is -0.456 e. The van der Waals surface area contributed by atoms with E-state index >= 15 is 0 Å². The first-order valence-corrected chi connectivity index (χ1v) is 6.62. The first-order valence-electron chi connectivity index (χ1n) is 6.62. The molecule has 1 saturated heterocycles. The second kappa shape index (κ2) is 5.41. The van der Waals surface area contributed by atoms with E-state index in [0.717, 1.165) is 18.7 Å². The molecule has 8 heteroatoms. The third-order valence-corrected chi connectivity index (χ3v) is 3.41. The average molecular weight is 276 g/mol. The molecule has 0 spiro atoms. The second-order valence-corrected chi connectivity index (χ2v) is 4.69. The first kappa shape index (κ1) is 12.8. The molecule has 8 nitrogen and oxygen atoms in total. The summed E-state index contributed by atoms with van der Waals surface area (Å²) >= 11 is 0. The smallest absolute Gasteiger partial charge is 0.239 e. The van der Waals surface area contributed by atoms with Gasteiger partial charge in [-0.25, -0.2) is 0 Å². The summed E-state index contributed by atoms with van der Waals surface area (Å²) in [5, 5.41) is 16.5. The van der Waals surface area contributed by atoms with Crippen LogP contribution >= 0.6 is 0 Å². The molecule has 2 N–H and O–H groups in total. The predicted octanol–water partition coefficient (Wildman–Crippen LogP) is 0.170. The summed E-state index contributed by atoms with van der Waals surface area (Å²) in [7, 11) is 0. The maximum absolute atomic E-state index is 11.8. The number of nitrogens with zero attached hydrogens (tertiary/aromatic N) is 4. The maximum atomic E-state index is 11.8. The Balaban J connectivity index is 1.72. The highest BCUT2D eigenvalue weighted by Gasteiger charge is 2.28. The summed E-state index contributed by atoms with van der Waals surface area (Å²) in [4.78, 5) is 13.9. The van der Waals surface area contributed by atoms with Crippen molar-refractivity contribution in [3.63, 3.8) is 0 Å². The summed E-state index contributed by atoms with van der Waals surface area (Å²) in [6, 6.07) is 3.60. The van der Waals surface area contributed by atoms with Crippen LogP contribution in [0.1, 0.15) is 19.1 Å². The quantitative estimate of drug-likeness (QED) is 0.825. The van der Waals surface area contributed by atoms with Crippen molar-refractivity contribution < 1.29 is 9.21 Å². The zero-order chi connectivity index (χ0) is 13.9. The number of tetrazole rings is 1. The number of aromatic amines is 1. The molecule has 0 aliphatic carbocycles. The zero-order valence-electron chi connectivity index (χ0n) is 11.2. The molecule has 1 atom stereocenters. The van der Waals surface area contributed by atoms with Gasteiger partial charge in [0.15, 0.2) is 5.76 Å². The van der Waals surface area contributed by atoms with Gasteiger partial charge in [0.05, 0.1) is 12.6 Å². The van der Waals surface area contributed by atoms with Gasteiger partial charge in [-0.05, 0) is 23.8 Å². The molecule has 1 amide bonds. The Morgan fingerprint density at radius 2 is 2.40 bits per heavy atom. The van der Waals surface area contributed by atoms with Gasteiger partial charge in [0.1, 0.15) is 5.76 Å². The number of H-pyrrole nitrogens is 1. The van der Waals surface area contributed by atoms with E-state index in [1.165, 1.54) is 0 Å². The van der Waals surface area contributed by atoms with Gasteiger partial charge < -0.3 is 9.73 Å². The Morgan fingerprint density at radius 3 is 3.15 bits per heavy atom. The van der Waals surface area contributed by atoms with E-state index in [1.807, 2.05) is 19.1 Å². The van der Waals surface area contributed by atoms with Crippen LogP contribution in [0.2, 0.25) is 0 Å². The summed E-state index contributed by atoms with van der Waals surface area (Å²) < 4.78 is 5.70. The van der Waals surface area contributed by atoms with Crippen molar-refractivity contribution >= 4 is 5.91 Å². The highest BCUT2D eigenvalue weighted by molar-refractivity contribution is 5.82. The second-order valence-electron chi connectivity index (χ2n) is 4.69. The van der Waals surface area contributed by atoms with Crippen LogP contribution in [0.4, 0.5) is 0 Å². The molecule has 1 fully saturated rings. The summed E-state index contributed by atoms with van der Waals surface area (Å²) in [5.74, 6) is 1.88. The fraction of sp³-hybridized carbons (Fsp3) is 0.500. The lowest BCUT2D eigenvalue weighted by molar-refractivity contribution is -0.129. The van der Waals surface area contributed by atoms with Crippen molar-refractivity contribution in [3.8, 4) is 11.6 Å². The maximum Gasteiger partial charge on any atom is 0.239 e. The SMILES string of the molecule is CCC1C(=O)NCCN1Cc1ccc(-c2nn[nH]n2)o1. The number of amides is 1. The molecule has 106 valence electrons. The van der Waals surface area contributed by atoms with Gasteiger partial charge in [0.2, 0.25) is 11.7 Å². The number of aromatic nitrogens is 4. The van der Waals surface area contributed by atoms with Gasteiger partial charge in [-0.3, -0.25) is 9.69 Å². The minimum atomic E-state index is -0.0949. The predicted molar refractivity (Wildman–Crippen MR) is 69.4 cm³/mol. The fourth-order valence-electron chi connectivity index (χ4n) is 2.44. The number of carbonyl (C=O) groups excluding carboxylic acids is 1. The Morgan fingerprint density at radius 1 is 1.50 bits per heavy atom. The Kier molecular flexibility index (Phi) is 3.46. The molecule has 2 aromatic rings. The monoisotopic (exact) mass is 276 g/mol. The van der Waals surface area contributed by atoms with E-state index in [1.54, 1.807) is 0 Å². The molecule has 0 saturated carbocycles. The number of furan rings is 1. The molecule has 0 aromatic carbocycles. The lowest BCUT2D eigenvalue weighted by Crippen LogP contribution is -2.54. The number of rotatable bonds is 4. The summed E-state index contributed by atoms with van der Waals surface area (Å²) in [6.07, 6.45) is 0.782. The van der Waals surface area contributed by atoms with Crippen LogP contribution < -0.4 is 5.32 Å². The molecule has 1 aliphatic heterocycles. The van der Waals surface area contributed by atoms with E-state index in [-0.39, 0.29) is 11.9 Å². The Bertz CT molecular complexity index is 579. The standard InChI is InChI=1S/C12H16N6O2/c1-2-9-12(19)13-5-6-18(9)7-8-3-4-10(20-8)11-14-16-17-15-11/h3-4,9H,2,5-7H2,1H3,(H,13,19)(H,14,15,16,17). The summed E-state index contributed by atoms with van der Waals surface area (Å²) in [5.41, 5.74) is 0. The minimum absolute atomic E-state index is 0.0868. The van der Waals surface area contributed by atoms with Crippen molar-refractivity contribution in [2.45, 2.75) is 25.9 Å². The van der Waals surface area contributed by atoms with Crippen LogP contribution in [-0.2, 0) is 11.3 Å². The van der Waals surface area contributed by atoms with Crippen LogP contribution in [0.5, 0.6) is 0 Å². The van der Waals surface area contributed by atoms with E-state index in [4.69, 9.17) is 4.42 Å². The van der Waals surface area contributed by atoms with E-state index in [2.05, 4.69) is 30.8 Å². The molecule has 3 heterocycles. The lowest BCUT2D eigenvalue weighted by atomic mass is 10.1. The molecule has 20 heavy (non-hydrogen) atoms. The molecule has 2 aromatic heterocycles. The Hall–Kier alpha value is -2.22. The van der Waals surface area contributed by atoms with Gasteiger partial charge in [-0.1, -0.05) is 6.92 Å². The molecular formula is C12H16N6O2. The largest absolute Gasteiger partial charge is 0.456 e. The van der Waals surface area contributed by atoms with Crippen molar-refractivity contribution in [3.05, 3.63) is 17.9 Å². The molecule has 0 radical (unpaired) electrons. The van der Waals surface area contributed by atoms with Gasteiger partial charge in [0, 0.05) is 13.1 Å². The third kappa shape index (κ3) is 2.42. The number of piperazine rings is 1. The number of nitrogens with one attached hydrogen (secondary N) is 2. The number of hydrogen-bond acceptors (Lipinski definition) is 6. The van der Waals surface area contributed by atoms with E-state index in [9.17, 15) is 4.79 Å². The fourth-order valence-corrected chi connectivity index (χ4v) is 2.44. The topological polar surface area (TPSA) is 99.9 Å². The van der Waals surface area contributed by atoms with Crippen LogP contribution in [0.25, 0.3) is 11.6 Å². The first-order chi connectivity index (χ1) is 9.78. The molecule has 3 rings (SSSR count). The molecule has 1 unspecified atom stereocenters. The molecule has 0 bridgehead atoms. The summed E-state index contributed by atoms with van der Waals surface area (Å²) in [6.45, 7) is 4.11. The van der Waals surface area contributed by atoms with Crippen molar-refractivity contribution in [1.82, 2.24) is 30.8 Å². The van der Waals surface area contributed by atoms with Gasteiger partial charge in [0.25, 0.3) is 0 Å². The lowest BCUT2D eigenvalue weighted by Gasteiger charge is -2.33. The van der Waals surface area contributed by atoms with Crippen LogP contribution in [-0.4, -0.2) is 50.6 Å². The third-order valence-electron chi connectivity index (χ3n) is 3.41. The molecular weight excluding hydrogens is 260 g/mol. The van der Waals surface area contributed by atoms with Crippen LogP contribution in [0, 0.1) is 0 Å². The van der Waals surface area contributed by atoms with Gasteiger partial charge in [-0.2, -0.15) is 5.21 Å². The number of carbonyl (C=O) groups is 1. The van der Waals surface area contributed by atoms with Crippen molar-refractivity contribution in [2.24, 2.45) is 0 Å². The normalized spacial score (nSPS) is 20.1. The zero-order valence-corrected chi connectivity index (χ0v) is 11.2. The molecule has 1 aliphatic rings. The van der Waals surface area contributed by atoms with Gasteiger partial charge >= 0.3 is 0 Å². The van der Waals surface area contributed by atoms with Crippen molar-refractivity contribution in [2.75, 3.05) is 13.1 Å². The van der Waals surface area contributed by atoms with Crippen molar-refractivity contribution in [1.29, 1.82) is 0 Å². The van der Waals surface area contributed by atoms with E-state index < -0.39 is 0 Å². The average Bonchev–Trinajstić information content (AvgIpc) is 3.09.